The van der Waals surface area contributed by atoms with Crippen molar-refractivity contribution in [2.75, 3.05) is 31.1 Å². The number of benzene rings is 3. The van der Waals surface area contributed by atoms with Crippen LogP contribution in [0.25, 0.3) is 10.8 Å². The van der Waals surface area contributed by atoms with Gasteiger partial charge < -0.3 is 16.4 Å². The second-order valence-electron chi connectivity index (χ2n) is 7.80. The molecule has 10 nitrogen and oxygen atoms in total. The van der Waals surface area contributed by atoms with Crippen molar-refractivity contribution in [3.8, 4) is 0 Å². The molecule has 1 heterocycles. The van der Waals surface area contributed by atoms with Crippen molar-refractivity contribution < 1.29 is 19.3 Å². The Balaban J connectivity index is 1.61. The van der Waals surface area contributed by atoms with Gasteiger partial charge in [-0.2, -0.15) is 0 Å². The van der Waals surface area contributed by atoms with Gasteiger partial charge in [-0.3, -0.25) is 24.5 Å². The Morgan fingerprint density at radius 2 is 1.74 bits per heavy atom. The number of amides is 3. The molecule has 0 spiro atoms. The summed E-state index contributed by atoms with van der Waals surface area (Å²) in [6, 6.07) is 13.5. The fraction of sp³-hybridized carbons (Fsp3) is 0.208. The zero-order chi connectivity index (χ0) is 24.2. The van der Waals surface area contributed by atoms with Crippen LogP contribution in [0.3, 0.4) is 0 Å². The van der Waals surface area contributed by atoms with E-state index >= 15 is 0 Å². The van der Waals surface area contributed by atoms with Gasteiger partial charge >= 0.3 is 0 Å². The topological polar surface area (TPSA) is 148 Å². The normalized spacial score (nSPS) is 12.8. The van der Waals surface area contributed by atoms with Crippen molar-refractivity contribution in [2.24, 2.45) is 5.73 Å². The first-order chi connectivity index (χ1) is 16.4. The maximum atomic E-state index is 13.3. The summed E-state index contributed by atoms with van der Waals surface area (Å²) >= 11 is 0. The molecular formula is C24H23N5O5. The lowest BCUT2D eigenvalue weighted by molar-refractivity contribution is -0.384. The molecule has 0 atom stereocenters. The van der Waals surface area contributed by atoms with Gasteiger partial charge in [0, 0.05) is 48.3 Å². The number of nitro benzene ring substituents is 1. The Labute approximate surface area is 194 Å². The standard InChI is InChI=1S/C24H23N5O5/c25-8-11-26-9-3-10-27-22(30)16-5-1-6-17(13-16)28-23(31)19-7-2-4-15-12-18(29(33)34)14-20(21(15)19)24(28)32/h1-2,4-7,12-14,26H,3,8-11,25H2,(H,27,30). The lowest BCUT2D eigenvalue weighted by atomic mass is 9.93. The average molecular weight is 461 g/mol. The van der Waals surface area contributed by atoms with E-state index < -0.39 is 16.7 Å². The van der Waals surface area contributed by atoms with Crippen molar-refractivity contribution in [1.82, 2.24) is 10.6 Å². The Bertz CT molecular complexity index is 1310. The molecule has 174 valence electrons. The van der Waals surface area contributed by atoms with E-state index in [0.29, 0.717) is 43.4 Å². The van der Waals surface area contributed by atoms with Gasteiger partial charge in [-0.1, -0.05) is 18.2 Å². The number of rotatable bonds is 9. The maximum Gasteiger partial charge on any atom is 0.270 e. The van der Waals surface area contributed by atoms with Crippen molar-refractivity contribution in [3.63, 3.8) is 0 Å². The second kappa shape index (κ2) is 9.77. The van der Waals surface area contributed by atoms with Gasteiger partial charge in [0.1, 0.15) is 0 Å². The summed E-state index contributed by atoms with van der Waals surface area (Å²) in [6.45, 7) is 2.40. The molecule has 1 aliphatic heterocycles. The van der Waals surface area contributed by atoms with E-state index in [1.807, 2.05) is 0 Å². The predicted molar refractivity (Wildman–Crippen MR) is 127 cm³/mol. The highest BCUT2D eigenvalue weighted by molar-refractivity contribution is 6.36. The Hall–Kier alpha value is -4.15. The molecule has 0 aliphatic carbocycles. The zero-order valence-electron chi connectivity index (χ0n) is 18.2. The van der Waals surface area contributed by atoms with E-state index in [1.165, 1.54) is 18.2 Å². The highest BCUT2D eigenvalue weighted by atomic mass is 16.6. The smallest absolute Gasteiger partial charge is 0.270 e. The fourth-order valence-electron chi connectivity index (χ4n) is 3.96. The van der Waals surface area contributed by atoms with Crippen LogP contribution in [0.5, 0.6) is 0 Å². The molecule has 3 aromatic carbocycles. The number of anilines is 1. The molecule has 0 saturated carbocycles. The van der Waals surface area contributed by atoms with Gasteiger partial charge in [-0.25, -0.2) is 4.90 Å². The summed E-state index contributed by atoms with van der Waals surface area (Å²) in [5.41, 5.74) is 6.01. The molecule has 0 fully saturated rings. The van der Waals surface area contributed by atoms with E-state index in [2.05, 4.69) is 10.6 Å². The third-order valence-corrected chi connectivity index (χ3v) is 5.54. The molecule has 3 amide bonds. The Morgan fingerprint density at radius 1 is 0.971 bits per heavy atom. The van der Waals surface area contributed by atoms with E-state index in [9.17, 15) is 24.5 Å². The minimum atomic E-state index is -0.680. The quantitative estimate of drug-likeness (QED) is 0.191. The van der Waals surface area contributed by atoms with Crippen molar-refractivity contribution >= 4 is 39.9 Å². The summed E-state index contributed by atoms with van der Waals surface area (Å²) in [7, 11) is 0. The average Bonchev–Trinajstić information content (AvgIpc) is 2.84. The minimum absolute atomic E-state index is 0.0687. The molecule has 0 saturated heterocycles. The molecule has 4 rings (SSSR count). The number of non-ortho nitro benzene ring substituents is 1. The molecule has 10 heteroatoms. The minimum Gasteiger partial charge on any atom is -0.352 e. The molecule has 1 aliphatic rings. The Kier molecular flexibility index (Phi) is 6.62. The van der Waals surface area contributed by atoms with Crippen LogP contribution in [0.15, 0.2) is 54.6 Å². The summed E-state index contributed by atoms with van der Waals surface area (Å²) in [4.78, 5) is 50.9. The number of imide groups is 1. The van der Waals surface area contributed by atoms with E-state index in [1.54, 1.807) is 36.4 Å². The van der Waals surface area contributed by atoms with Crippen LogP contribution in [0, 0.1) is 10.1 Å². The predicted octanol–water partition coefficient (Wildman–Crippen LogP) is 2.22. The van der Waals surface area contributed by atoms with Crippen molar-refractivity contribution in [2.45, 2.75) is 6.42 Å². The number of nitrogens with one attached hydrogen (secondary N) is 2. The first kappa shape index (κ1) is 23.0. The summed E-state index contributed by atoms with van der Waals surface area (Å²) in [5.74, 6) is -1.57. The molecule has 0 aromatic heterocycles. The van der Waals surface area contributed by atoms with Gasteiger partial charge in [0.25, 0.3) is 23.4 Å². The molecule has 0 radical (unpaired) electrons. The van der Waals surface area contributed by atoms with Crippen LogP contribution in [-0.4, -0.2) is 48.8 Å². The largest absolute Gasteiger partial charge is 0.352 e. The summed E-state index contributed by atoms with van der Waals surface area (Å²) in [5, 5.41) is 18.1. The lowest BCUT2D eigenvalue weighted by Crippen LogP contribution is -2.40. The SMILES string of the molecule is NCCNCCCNC(=O)c1cccc(N2C(=O)c3cccc4cc([N+](=O)[O-])cc(c34)C2=O)c1. The van der Waals surface area contributed by atoms with Crippen LogP contribution in [-0.2, 0) is 0 Å². The van der Waals surface area contributed by atoms with E-state index in [-0.39, 0.29) is 34.0 Å². The third kappa shape index (κ3) is 4.36. The zero-order valence-corrected chi connectivity index (χ0v) is 18.2. The number of hydrogen-bond donors (Lipinski definition) is 3. The monoisotopic (exact) mass is 461 g/mol. The fourth-order valence-corrected chi connectivity index (χ4v) is 3.96. The van der Waals surface area contributed by atoms with Crippen LogP contribution in [0.2, 0.25) is 0 Å². The number of nitro groups is 1. The molecule has 0 bridgehead atoms. The molecular weight excluding hydrogens is 438 g/mol. The van der Waals surface area contributed by atoms with Crippen molar-refractivity contribution in [1.29, 1.82) is 0 Å². The van der Waals surface area contributed by atoms with E-state index in [0.717, 1.165) is 4.90 Å². The van der Waals surface area contributed by atoms with Gasteiger partial charge in [-0.15, -0.1) is 0 Å². The summed E-state index contributed by atoms with van der Waals surface area (Å²) < 4.78 is 0. The highest BCUT2D eigenvalue weighted by Crippen LogP contribution is 2.35. The van der Waals surface area contributed by atoms with E-state index in [4.69, 9.17) is 5.73 Å². The van der Waals surface area contributed by atoms with Gasteiger partial charge in [-0.05, 0) is 42.6 Å². The number of hydrogen-bond acceptors (Lipinski definition) is 7. The first-order valence-corrected chi connectivity index (χ1v) is 10.8. The molecule has 34 heavy (non-hydrogen) atoms. The van der Waals surface area contributed by atoms with Crippen LogP contribution in [0.1, 0.15) is 37.5 Å². The van der Waals surface area contributed by atoms with Crippen LogP contribution < -0.4 is 21.3 Å². The second-order valence-corrected chi connectivity index (χ2v) is 7.80. The lowest BCUT2D eigenvalue weighted by Gasteiger charge is -2.27. The van der Waals surface area contributed by atoms with Gasteiger partial charge in [0.2, 0.25) is 0 Å². The Morgan fingerprint density at radius 3 is 2.50 bits per heavy atom. The number of carbonyl (C=O) groups is 3. The van der Waals surface area contributed by atoms with Gasteiger partial charge in [0.05, 0.1) is 16.2 Å². The highest BCUT2D eigenvalue weighted by Gasteiger charge is 2.35. The van der Waals surface area contributed by atoms with Gasteiger partial charge in [0.15, 0.2) is 0 Å². The number of carbonyl (C=O) groups excluding carboxylic acids is 3. The third-order valence-electron chi connectivity index (χ3n) is 5.54. The number of nitrogens with zero attached hydrogens (tertiary/aromatic N) is 2. The molecule has 0 unspecified atom stereocenters. The first-order valence-electron chi connectivity index (χ1n) is 10.8. The molecule has 4 N–H and O–H groups in total. The van der Waals surface area contributed by atoms with Crippen LogP contribution >= 0.6 is 0 Å². The van der Waals surface area contributed by atoms with Crippen molar-refractivity contribution in [3.05, 3.63) is 81.4 Å². The molecule has 3 aromatic rings. The maximum absolute atomic E-state index is 13.3. The summed E-state index contributed by atoms with van der Waals surface area (Å²) in [6.07, 6.45) is 0.716. The number of nitrogens with two attached hydrogens (primary N) is 1. The van der Waals surface area contributed by atoms with Crippen LogP contribution in [0.4, 0.5) is 11.4 Å².